The molecule has 554 valence electrons. The topological polar surface area (TPSA) is 19.7 Å². The Morgan fingerprint density at radius 1 is 0.117 bits per heavy atom. The molecule has 0 spiro atoms. The van der Waals surface area contributed by atoms with Gasteiger partial charge in [0.1, 0.15) is 0 Å². The van der Waals surface area contributed by atoms with Crippen molar-refractivity contribution in [2.45, 2.75) is 0 Å². The molecule has 27 rings (SSSR count). The van der Waals surface area contributed by atoms with E-state index in [1.807, 2.05) is 0 Å². The Labute approximate surface area is 688 Å². The second-order valence-corrected chi connectivity index (χ2v) is 32.5. The smallest absolute Gasteiger partial charge is 0.0546 e. The Hall–Kier alpha value is -15.9. The lowest BCUT2D eigenvalue weighted by Gasteiger charge is -2.16. The number of hydrogen-bond donors (Lipinski definition) is 0. The molecule has 4 nitrogen and oxygen atoms in total. The minimum Gasteiger partial charge on any atom is -0.309 e. The van der Waals surface area contributed by atoms with Crippen LogP contribution < -0.4 is 0 Å². The molecule has 27 aromatic rings. The van der Waals surface area contributed by atoms with Gasteiger partial charge in [-0.15, -0.1) is 0 Å². The summed E-state index contributed by atoms with van der Waals surface area (Å²) in [5.74, 6) is 0. The van der Waals surface area contributed by atoms with Crippen molar-refractivity contribution in [3.05, 3.63) is 425 Å². The van der Waals surface area contributed by atoms with Crippen LogP contribution in [0.1, 0.15) is 0 Å². The number of nitrogens with zero attached hydrogens (tertiary/aromatic N) is 4. The molecular weight excluding hydrogens is 1450 g/mol. The molecule has 4 heteroatoms. The highest BCUT2D eigenvalue weighted by Gasteiger charge is 2.24. The van der Waals surface area contributed by atoms with E-state index < -0.39 is 0 Å². The van der Waals surface area contributed by atoms with Crippen LogP contribution in [0.2, 0.25) is 0 Å². The number of para-hydroxylation sites is 4. The monoisotopic (exact) mass is 1520 g/mol. The molecule has 4 aromatic heterocycles. The number of hydrogen-bond acceptors (Lipinski definition) is 0. The highest BCUT2D eigenvalue weighted by atomic mass is 15.0. The molecule has 0 bridgehead atoms. The molecule has 0 saturated carbocycles. The van der Waals surface area contributed by atoms with Crippen LogP contribution in [0.15, 0.2) is 425 Å². The first-order chi connectivity index (χ1) is 59.5. The van der Waals surface area contributed by atoms with Gasteiger partial charge in [-0.25, -0.2) is 0 Å². The first kappa shape index (κ1) is 66.4. The molecule has 4 heterocycles. The molecule has 0 atom stereocenters. The van der Waals surface area contributed by atoms with Gasteiger partial charge in [-0.1, -0.05) is 315 Å². The van der Waals surface area contributed by atoms with E-state index in [2.05, 4.69) is 443 Å². The summed E-state index contributed by atoms with van der Waals surface area (Å²) < 4.78 is 9.83. The van der Waals surface area contributed by atoms with E-state index in [4.69, 9.17) is 0 Å². The maximum atomic E-state index is 2.48. The fraction of sp³-hybridized carbons (Fsp3) is 0. The van der Waals surface area contributed by atoms with Gasteiger partial charge in [0.25, 0.3) is 0 Å². The predicted octanol–water partition coefficient (Wildman–Crippen LogP) is 31.8. The van der Waals surface area contributed by atoms with E-state index in [1.54, 1.807) is 0 Å². The first-order valence-corrected chi connectivity index (χ1v) is 41.6. The van der Waals surface area contributed by atoms with Crippen LogP contribution in [-0.4, -0.2) is 18.3 Å². The van der Waals surface area contributed by atoms with E-state index in [1.165, 1.54) is 251 Å². The summed E-state index contributed by atoms with van der Waals surface area (Å²) in [5.41, 5.74) is 19.2. The highest BCUT2D eigenvalue weighted by molar-refractivity contribution is 6.28. The average Bonchev–Trinajstić information content (AvgIpc) is 1.48. The number of rotatable bonds is 6. The fourth-order valence-electron chi connectivity index (χ4n) is 20.9. The highest BCUT2D eigenvalue weighted by Crippen LogP contribution is 2.47. The normalized spacial score (nSPS) is 12.2. The van der Waals surface area contributed by atoms with Crippen LogP contribution >= 0.6 is 0 Å². The molecule has 0 radical (unpaired) electrons. The average molecular weight is 1520 g/mol. The third-order valence-corrected chi connectivity index (χ3v) is 26.3. The third-order valence-electron chi connectivity index (χ3n) is 26.3. The SMILES string of the molecule is c1ccc2c(c1)cc(-n1c3ccccc3c3cc(-c4ccc5c(c4)c4ccccc4n5-c4cc5ccc6ccccc6c5c5ccccc45)ccc31)c1ccccc12.c1ccc2c(c1)ccc1c3ccc(-n4c5ccccc5c5cc(-c6ccc7c(c6)c6ccccc6n7-c6ccc7c8ccccc8c8ccccc8c7c6)ccc54)cc3ccc21. The largest absolute Gasteiger partial charge is 0.309 e. The molecule has 0 aliphatic heterocycles. The zero-order valence-electron chi connectivity index (χ0n) is 65.2. The maximum Gasteiger partial charge on any atom is 0.0546 e. The molecule has 23 aromatic carbocycles. The van der Waals surface area contributed by atoms with E-state index >= 15 is 0 Å². The summed E-state index contributed by atoms with van der Waals surface area (Å²) in [6.45, 7) is 0. The van der Waals surface area contributed by atoms with Crippen LogP contribution in [0.4, 0.5) is 0 Å². The second-order valence-electron chi connectivity index (χ2n) is 32.5. The van der Waals surface area contributed by atoms with Crippen molar-refractivity contribution in [3.8, 4) is 45.0 Å². The molecule has 0 N–H and O–H groups in total. The van der Waals surface area contributed by atoms with Crippen molar-refractivity contribution in [2.75, 3.05) is 0 Å². The lowest BCUT2D eigenvalue weighted by atomic mass is 9.94. The van der Waals surface area contributed by atoms with Gasteiger partial charge >= 0.3 is 0 Å². The van der Waals surface area contributed by atoms with Gasteiger partial charge in [-0.05, 0) is 239 Å². The van der Waals surface area contributed by atoms with Gasteiger partial charge in [0.2, 0.25) is 0 Å². The maximum absolute atomic E-state index is 2.48. The predicted molar refractivity (Wildman–Crippen MR) is 514 cm³/mol. The third kappa shape index (κ3) is 9.82. The Bertz CT molecular complexity index is 9100. The second kappa shape index (κ2) is 25.8. The number of aromatic nitrogens is 4. The minimum atomic E-state index is 1.17. The summed E-state index contributed by atoms with van der Waals surface area (Å²) in [6, 6.07) is 157. The van der Waals surface area contributed by atoms with Gasteiger partial charge in [-0.3, -0.25) is 0 Å². The van der Waals surface area contributed by atoms with E-state index in [0.29, 0.717) is 0 Å². The van der Waals surface area contributed by atoms with Gasteiger partial charge in [0.15, 0.2) is 0 Å². The first-order valence-electron chi connectivity index (χ1n) is 41.6. The van der Waals surface area contributed by atoms with Crippen LogP contribution in [0.3, 0.4) is 0 Å². The Morgan fingerprint density at radius 2 is 0.375 bits per heavy atom. The van der Waals surface area contributed by atoms with Crippen LogP contribution in [-0.2, 0) is 0 Å². The molecular formula is C116H70N4. The van der Waals surface area contributed by atoms with Gasteiger partial charge in [0.05, 0.1) is 55.5 Å². The summed E-state index contributed by atoms with van der Waals surface area (Å²) in [6.07, 6.45) is 0. The minimum absolute atomic E-state index is 1.17. The number of fused-ring (bicyclic) bond motifs is 31. The number of benzene rings is 23. The molecule has 0 fully saturated rings. The molecule has 0 amide bonds. The molecule has 0 aliphatic carbocycles. The lowest BCUT2D eigenvalue weighted by Crippen LogP contribution is -1.96. The molecule has 0 aliphatic rings. The zero-order chi connectivity index (χ0) is 78.4. The molecule has 0 saturated heterocycles. The van der Waals surface area contributed by atoms with E-state index in [-0.39, 0.29) is 0 Å². The van der Waals surface area contributed by atoms with Crippen LogP contribution in [0.5, 0.6) is 0 Å². The van der Waals surface area contributed by atoms with Crippen LogP contribution in [0.25, 0.3) is 251 Å². The lowest BCUT2D eigenvalue weighted by molar-refractivity contribution is 1.19. The van der Waals surface area contributed by atoms with Crippen molar-refractivity contribution in [2.24, 2.45) is 0 Å². The van der Waals surface area contributed by atoms with Crippen LogP contribution in [0, 0.1) is 0 Å². The Morgan fingerprint density at radius 3 is 0.858 bits per heavy atom. The van der Waals surface area contributed by atoms with Gasteiger partial charge < -0.3 is 18.3 Å². The van der Waals surface area contributed by atoms with E-state index in [0.717, 1.165) is 0 Å². The standard InChI is InChI=1S/C60H36N2.C56H34N2/c1-2-12-43-37(11-1)21-27-50-44-29-25-41(33-40(44)22-28-49(43)50)61-57-19-9-7-17-52(57)55-34-38(23-31-59(55)61)39-24-32-60-56(35-39)53-18-8-10-20-58(53)62(60)42-26-30-51-47-15-4-3-13-45(47)46-14-5-6-16-48(46)54(51)36-42;1-4-16-41-35(13-1)25-26-39-34-55(44-19-7-8-22-47(44)56(39)41)58-51-24-12-10-21-46(51)49-32-37(28-30-53(49)58)36-27-29-52-48(31-36)45-20-9-11-23-50(45)57(52)54-33-38-14-2-3-15-40(38)42-17-5-6-18-43(42)54/h1-36H;1-34H. The fourth-order valence-corrected chi connectivity index (χ4v) is 20.9. The summed E-state index contributed by atoms with van der Waals surface area (Å²) in [4.78, 5) is 0. The summed E-state index contributed by atoms with van der Waals surface area (Å²) >= 11 is 0. The van der Waals surface area contributed by atoms with Crippen molar-refractivity contribution in [1.82, 2.24) is 18.3 Å². The van der Waals surface area contributed by atoms with Crippen molar-refractivity contribution in [3.63, 3.8) is 0 Å². The Balaban J connectivity index is 0.000000130. The quantitative estimate of drug-likeness (QED) is 0.148. The van der Waals surface area contributed by atoms with Crippen molar-refractivity contribution in [1.29, 1.82) is 0 Å². The summed E-state index contributed by atoms with van der Waals surface area (Å²) in [5, 5.41) is 38.1. The molecule has 120 heavy (non-hydrogen) atoms. The van der Waals surface area contributed by atoms with Gasteiger partial charge in [0, 0.05) is 65.2 Å². The van der Waals surface area contributed by atoms with Crippen molar-refractivity contribution >= 4 is 206 Å². The van der Waals surface area contributed by atoms with Gasteiger partial charge in [-0.2, -0.15) is 0 Å². The van der Waals surface area contributed by atoms with E-state index in [9.17, 15) is 0 Å². The van der Waals surface area contributed by atoms with Crippen molar-refractivity contribution < 1.29 is 0 Å². The Kier molecular flexibility index (Phi) is 14.3. The molecule has 0 unspecified atom stereocenters. The summed E-state index contributed by atoms with van der Waals surface area (Å²) in [7, 11) is 0. The zero-order valence-corrected chi connectivity index (χ0v) is 65.2.